The third kappa shape index (κ3) is 4.13. The van der Waals surface area contributed by atoms with Crippen molar-refractivity contribution in [2.45, 2.75) is 51.4 Å². The topological polar surface area (TPSA) is 51.0 Å². The zero-order chi connectivity index (χ0) is 17.6. The van der Waals surface area contributed by atoms with Gasteiger partial charge in [-0.2, -0.15) is 10.2 Å². The Bertz CT molecular complexity index is 765. The summed E-state index contributed by atoms with van der Waals surface area (Å²) in [4.78, 5) is 0. The zero-order valence-corrected chi connectivity index (χ0v) is 15.0. The molecule has 2 aromatic rings. The number of rotatable bonds is 3. The van der Waals surface area contributed by atoms with Gasteiger partial charge in [0.2, 0.25) is 0 Å². The van der Waals surface area contributed by atoms with Crippen LogP contribution in [-0.4, -0.2) is 11.4 Å². The van der Waals surface area contributed by atoms with Gasteiger partial charge in [0.1, 0.15) is 11.5 Å². The van der Waals surface area contributed by atoms with E-state index < -0.39 is 0 Å². The second-order valence-corrected chi connectivity index (χ2v) is 6.88. The van der Waals surface area contributed by atoms with Gasteiger partial charge in [-0.3, -0.25) is 0 Å². The summed E-state index contributed by atoms with van der Waals surface area (Å²) in [7, 11) is 0. The first-order valence-electron chi connectivity index (χ1n) is 9.51. The van der Waals surface area contributed by atoms with Crippen molar-refractivity contribution in [3.63, 3.8) is 0 Å². The van der Waals surface area contributed by atoms with E-state index in [-0.39, 0.29) is 0 Å². The van der Waals surface area contributed by atoms with Crippen molar-refractivity contribution in [2.75, 3.05) is 0 Å². The SMILES string of the molecule is C(=C1/CCCC/C1=N\N=C1/CCCC/C1=C\c1ccco1)/c1ccco1. The molecule has 0 N–H and O–H groups in total. The molecule has 0 aliphatic heterocycles. The van der Waals surface area contributed by atoms with Crippen LogP contribution in [0.25, 0.3) is 12.2 Å². The van der Waals surface area contributed by atoms with Gasteiger partial charge < -0.3 is 8.83 Å². The molecule has 0 spiro atoms. The van der Waals surface area contributed by atoms with Crippen LogP contribution in [-0.2, 0) is 0 Å². The van der Waals surface area contributed by atoms with Crippen molar-refractivity contribution in [3.8, 4) is 0 Å². The fourth-order valence-corrected chi connectivity index (χ4v) is 3.58. The van der Waals surface area contributed by atoms with Gasteiger partial charge in [-0.05, 0) is 98.9 Å². The molecule has 2 fully saturated rings. The fourth-order valence-electron chi connectivity index (χ4n) is 3.58. The summed E-state index contributed by atoms with van der Waals surface area (Å²) in [5.74, 6) is 1.77. The fraction of sp³-hybridized carbons (Fsp3) is 0.364. The summed E-state index contributed by atoms with van der Waals surface area (Å²) < 4.78 is 10.9. The normalized spacial score (nSPS) is 24.8. The maximum atomic E-state index is 5.47. The van der Waals surface area contributed by atoms with Crippen LogP contribution in [0.15, 0.2) is 67.0 Å². The van der Waals surface area contributed by atoms with Gasteiger partial charge >= 0.3 is 0 Å². The van der Waals surface area contributed by atoms with E-state index in [1.54, 1.807) is 12.5 Å². The van der Waals surface area contributed by atoms with E-state index >= 15 is 0 Å². The van der Waals surface area contributed by atoms with Crippen molar-refractivity contribution in [2.24, 2.45) is 10.2 Å². The van der Waals surface area contributed by atoms with Gasteiger partial charge in [0, 0.05) is 0 Å². The van der Waals surface area contributed by atoms with E-state index in [9.17, 15) is 0 Å². The molecule has 0 atom stereocenters. The van der Waals surface area contributed by atoms with Crippen LogP contribution < -0.4 is 0 Å². The Morgan fingerprint density at radius 1 is 0.654 bits per heavy atom. The first-order chi connectivity index (χ1) is 12.9. The largest absolute Gasteiger partial charge is 0.465 e. The quantitative estimate of drug-likeness (QED) is 0.612. The van der Waals surface area contributed by atoms with Gasteiger partial charge in [0.25, 0.3) is 0 Å². The van der Waals surface area contributed by atoms with E-state index in [0.29, 0.717) is 0 Å². The molecule has 2 saturated carbocycles. The highest BCUT2D eigenvalue weighted by Gasteiger charge is 2.16. The number of hydrogen-bond acceptors (Lipinski definition) is 4. The predicted octanol–water partition coefficient (Wildman–Crippen LogP) is 6.28. The van der Waals surface area contributed by atoms with Crippen molar-refractivity contribution in [1.29, 1.82) is 0 Å². The molecule has 2 aliphatic rings. The van der Waals surface area contributed by atoms with Crippen molar-refractivity contribution < 1.29 is 8.83 Å². The first-order valence-corrected chi connectivity index (χ1v) is 9.51. The van der Waals surface area contributed by atoms with Crippen LogP contribution in [0.2, 0.25) is 0 Å². The highest BCUT2D eigenvalue weighted by molar-refractivity contribution is 6.06. The molecule has 0 radical (unpaired) electrons. The Hall–Kier alpha value is -2.62. The van der Waals surface area contributed by atoms with Gasteiger partial charge in [-0.25, -0.2) is 0 Å². The molecule has 2 heterocycles. The average molecular weight is 348 g/mol. The van der Waals surface area contributed by atoms with Crippen LogP contribution in [0.1, 0.15) is 62.9 Å². The molecule has 2 aliphatic carbocycles. The summed E-state index contributed by atoms with van der Waals surface area (Å²) in [6, 6.07) is 7.80. The molecule has 0 amide bonds. The van der Waals surface area contributed by atoms with E-state index in [2.05, 4.69) is 22.4 Å². The number of allylic oxidation sites excluding steroid dienone is 2. The minimum absolute atomic E-state index is 0.887. The van der Waals surface area contributed by atoms with Crippen LogP contribution in [0.5, 0.6) is 0 Å². The summed E-state index contributed by atoms with van der Waals surface area (Å²) in [5, 5.41) is 9.34. The molecule has 0 bridgehead atoms. The second-order valence-electron chi connectivity index (χ2n) is 6.88. The van der Waals surface area contributed by atoms with Gasteiger partial charge in [0.05, 0.1) is 23.9 Å². The molecule has 4 rings (SSSR count). The predicted molar refractivity (Wildman–Crippen MR) is 105 cm³/mol. The monoisotopic (exact) mass is 348 g/mol. The Morgan fingerprint density at radius 2 is 1.12 bits per heavy atom. The first kappa shape index (κ1) is 16.8. The lowest BCUT2D eigenvalue weighted by molar-refractivity contribution is 0.556. The molecule has 26 heavy (non-hydrogen) atoms. The Morgan fingerprint density at radius 3 is 1.54 bits per heavy atom. The standard InChI is InChI=1S/C22H24N2O2/c1-3-11-21(17(7-1)15-19-9-5-13-25-19)23-24-22-12-4-2-8-18(22)16-20-10-6-14-26-20/h5-6,9-10,13-16H,1-4,7-8,11-12H2/b17-15+,18-16+,23-21+,24-22+. The molecule has 4 heteroatoms. The Balaban J connectivity index is 1.60. The van der Waals surface area contributed by atoms with Crippen molar-refractivity contribution in [1.82, 2.24) is 0 Å². The number of nitrogens with zero attached hydrogens (tertiary/aromatic N) is 2. The number of hydrogen-bond donors (Lipinski definition) is 0. The smallest absolute Gasteiger partial charge is 0.126 e. The lowest BCUT2D eigenvalue weighted by Crippen LogP contribution is -2.11. The molecule has 0 saturated heterocycles. The minimum atomic E-state index is 0.887. The minimum Gasteiger partial charge on any atom is -0.465 e. The second kappa shape index (κ2) is 8.17. The molecule has 0 unspecified atom stereocenters. The van der Waals surface area contributed by atoms with Crippen LogP contribution in [0.3, 0.4) is 0 Å². The van der Waals surface area contributed by atoms with E-state index in [4.69, 9.17) is 8.83 Å². The third-order valence-corrected chi connectivity index (χ3v) is 4.97. The summed E-state index contributed by atoms with van der Waals surface area (Å²) in [6.45, 7) is 0. The maximum Gasteiger partial charge on any atom is 0.126 e. The highest BCUT2D eigenvalue weighted by atomic mass is 16.3. The third-order valence-electron chi connectivity index (χ3n) is 4.97. The van der Waals surface area contributed by atoms with Crippen LogP contribution in [0, 0.1) is 0 Å². The zero-order valence-electron chi connectivity index (χ0n) is 15.0. The molecule has 2 aromatic heterocycles. The van der Waals surface area contributed by atoms with Crippen LogP contribution in [0.4, 0.5) is 0 Å². The molecule has 4 nitrogen and oxygen atoms in total. The van der Waals surface area contributed by atoms with Gasteiger partial charge in [-0.1, -0.05) is 0 Å². The molecular formula is C22H24N2O2. The lowest BCUT2D eigenvalue weighted by atomic mass is 9.92. The Labute approximate surface area is 154 Å². The van der Waals surface area contributed by atoms with Crippen molar-refractivity contribution in [3.05, 3.63) is 59.5 Å². The van der Waals surface area contributed by atoms with E-state index in [1.807, 2.05) is 24.3 Å². The lowest BCUT2D eigenvalue weighted by Gasteiger charge is -2.17. The molecule has 134 valence electrons. The summed E-state index contributed by atoms with van der Waals surface area (Å²) in [6.07, 6.45) is 16.4. The van der Waals surface area contributed by atoms with Gasteiger partial charge in [-0.15, -0.1) is 0 Å². The molecule has 0 aromatic carbocycles. The van der Waals surface area contributed by atoms with Crippen molar-refractivity contribution >= 4 is 23.6 Å². The van der Waals surface area contributed by atoms with E-state index in [1.165, 1.54) is 36.8 Å². The summed E-state index contributed by atoms with van der Waals surface area (Å²) in [5.41, 5.74) is 4.71. The van der Waals surface area contributed by atoms with Crippen LogP contribution >= 0.6 is 0 Å². The number of furan rings is 2. The highest BCUT2D eigenvalue weighted by Crippen LogP contribution is 2.26. The van der Waals surface area contributed by atoms with E-state index in [0.717, 1.165) is 48.6 Å². The average Bonchev–Trinajstić information content (AvgIpc) is 3.36. The maximum absolute atomic E-state index is 5.47. The Kier molecular flexibility index (Phi) is 5.29. The molecular weight excluding hydrogens is 324 g/mol. The van der Waals surface area contributed by atoms with Gasteiger partial charge in [0.15, 0.2) is 0 Å². The summed E-state index contributed by atoms with van der Waals surface area (Å²) >= 11 is 0.